The van der Waals surface area contributed by atoms with Crippen LogP contribution in [0.3, 0.4) is 0 Å². The van der Waals surface area contributed by atoms with E-state index in [-0.39, 0.29) is 5.56 Å². The third-order valence-electron chi connectivity index (χ3n) is 6.22. The number of aromatic nitrogens is 2. The number of carboxylic acids is 1. The number of hydrogen-bond acceptors (Lipinski definition) is 3. The molecule has 0 radical (unpaired) electrons. The van der Waals surface area contributed by atoms with Crippen molar-refractivity contribution in [3.63, 3.8) is 0 Å². The van der Waals surface area contributed by atoms with Gasteiger partial charge in [-0.15, -0.1) is 0 Å². The minimum absolute atomic E-state index is 0.250. The van der Waals surface area contributed by atoms with Crippen molar-refractivity contribution in [2.24, 2.45) is 0 Å². The molecule has 2 aromatic heterocycles. The second-order valence-electron chi connectivity index (χ2n) is 8.18. The largest absolute Gasteiger partial charge is 0.478 e. The molecule has 0 saturated heterocycles. The van der Waals surface area contributed by atoms with Crippen molar-refractivity contribution >= 4 is 5.97 Å². The monoisotopic (exact) mass is 432 g/mol. The number of aromatic carboxylic acids is 1. The van der Waals surface area contributed by atoms with Crippen molar-refractivity contribution in [2.75, 3.05) is 0 Å². The molecule has 0 spiro atoms. The van der Waals surface area contributed by atoms with Crippen LogP contribution in [-0.2, 0) is 12.8 Å². The van der Waals surface area contributed by atoms with E-state index in [2.05, 4.69) is 40.1 Å². The zero-order valence-corrected chi connectivity index (χ0v) is 17.7. The van der Waals surface area contributed by atoms with Gasteiger partial charge in [-0.3, -0.25) is 0 Å². The molecule has 0 saturated carbocycles. The Labute approximate surface area is 190 Å². The first-order valence-electron chi connectivity index (χ1n) is 10.9. The number of hydrogen-bond donors (Lipinski definition) is 1. The number of carbonyl (C=O) groups is 1. The van der Waals surface area contributed by atoms with Crippen LogP contribution in [-0.4, -0.2) is 20.8 Å². The second-order valence-corrected chi connectivity index (χ2v) is 8.18. The number of fused-ring (bicyclic) bond motifs is 3. The lowest BCUT2D eigenvalue weighted by Gasteiger charge is -2.20. The first-order valence-corrected chi connectivity index (χ1v) is 10.9. The van der Waals surface area contributed by atoms with Crippen LogP contribution in [0.5, 0.6) is 0 Å². The highest BCUT2D eigenvalue weighted by Crippen LogP contribution is 2.41. The zero-order valence-electron chi connectivity index (χ0n) is 17.7. The molecule has 5 heteroatoms. The molecule has 0 amide bonds. The Balaban J connectivity index is 1.58. The molecule has 3 aromatic carbocycles. The SMILES string of the molecule is O=C(O)c1cccc(-n2c(-c3cc(-c4ccccc4)no3)cc3c2CCc2ccccc2-3)c1. The van der Waals surface area contributed by atoms with E-state index in [0.29, 0.717) is 5.76 Å². The van der Waals surface area contributed by atoms with Crippen molar-refractivity contribution in [3.05, 3.63) is 108 Å². The van der Waals surface area contributed by atoms with Crippen LogP contribution in [0.4, 0.5) is 0 Å². The summed E-state index contributed by atoms with van der Waals surface area (Å²) in [6.07, 6.45) is 1.78. The fourth-order valence-electron chi connectivity index (χ4n) is 4.68. The Bertz CT molecular complexity index is 1490. The Kier molecular flexibility index (Phi) is 4.47. The second kappa shape index (κ2) is 7.64. The summed E-state index contributed by atoms with van der Waals surface area (Å²) in [6.45, 7) is 0. The fraction of sp³-hybridized carbons (Fsp3) is 0.0714. The lowest BCUT2D eigenvalue weighted by molar-refractivity contribution is 0.0697. The van der Waals surface area contributed by atoms with Gasteiger partial charge in [-0.25, -0.2) is 4.79 Å². The molecule has 0 fully saturated rings. The molecule has 5 nitrogen and oxygen atoms in total. The van der Waals surface area contributed by atoms with Gasteiger partial charge in [0.2, 0.25) is 0 Å². The molecule has 1 N–H and O–H groups in total. The van der Waals surface area contributed by atoms with Gasteiger partial charge in [0, 0.05) is 28.6 Å². The Morgan fingerprint density at radius 2 is 1.67 bits per heavy atom. The van der Waals surface area contributed by atoms with Crippen molar-refractivity contribution in [1.29, 1.82) is 0 Å². The molecular formula is C28H20N2O3. The van der Waals surface area contributed by atoms with Gasteiger partial charge < -0.3 is 14.2 Å². The molecule has 0 unspecified atom stereocenters. The molecule has 5 aromatic rings. The molecular weight excluding hydrogens is 412 g/mol. The highest BCUT2D eigenvalue weighted by molar-refractivity contribution is 5.88. The smallest absolute Gasteiger partial charge is 0.335 e. The van der Waals surface area contributed by atoms with Gasteiger partial charge in [-0.2, -0.15) is 0 Å². The van der Waals surface area contributed by atoms with E-state index in [9.17, 15) is 9.90 Å². The number of nitrogens with zero attached hydrogens (tertiary/aromatic N) is 2. The summed E-state index contributed by atoms with van der Waals surface area (Å²) >= 11 is 0. The normalized spacial score (nSPS) is 12.2. The highest BCUT2D eigenvalue weighted by atomic mass is 16.5. The van der Waals surface area contributed by atoms with Gasteiger partial charge in [-0.05, 0) is 48.2 Å². The Morgan fingerprint density at radius 3 is 2.52 bits per heavy atom. The Hall–Kier alpha value is -4.38. The van der Waals surface area contributed by atoms with E-state index in [1.807, 2.05) is 42.5 Å². The Morgan fingerprint density at radius 1 is 0.848 bits per heavy atom. The first-order chi connectivity index (χ1) is 16.2. The van der Waals surface area contributed by atoms with Crippen LogP contribution in [0.1, 0.15) is 21.6 Å². The van der Waals surface area contributed by atoms with Gasteiger partial charge in [0.15, 0.2) is 5.76 Å². The van der Waals surface area contributed by atoms with Crippen molar-refractivity contribution in [1.82, 2.24) is 9.72 Å². The van der Waals surface area contributed by atoms with Crippen LogP contribution in [0.15, 0.2) is 95.5 Å². The average molecular weight is 432 g/mol. The average Bonchev–Trinajstić information content (AvgIpc) is 3.50. The molecule has 160 valence electrons. The van der Waals surface area contributed by atoms with E-state index in [0.717, 1.165) is 46.7 Å². The topological polar surface area (TPSA) is 68.3 Å². The predicted molar refractivity (Wildman–Crippen MR) is 127 cm³/mol. The molecule has 0 bridgehead atoms. The molecule has 2 heterocycles. The van der Waals surface area contributed by atoms with E-state index in [4.69, 9.17) is 4.52 Å². The predicted octanol–water partition coefficient (Wildman–Crippen LogP) is 6.26. The van der Waals surface area contributed by atoms with E-state index >= 15 is 0 Å². The standard InChI is InChI=1S/C28H20N2O3/c31-28(32)20-10-6-11-21(15-20)30-25-14-13-18-7-4-5-12-22(18)23(25)16-26(30)27-17-24(29-33-27)19-8-2-1-3-9-19/h1-12,15-17H,13-14H2,(H,31,32). The summed E-state index contributed by atoms with van der Waals surface area (Å²) in [5.41, 5.74) is 8.45. The maximum absolute atomic E-state index is 11.7. The molecule has 0 atom stereocenters. The van der Waals surface area contributed by atoms with Gasteiger partial charge in [-0.1, -0.05) is 65.8 Å². The molecule has 1 aliphatic carbocycles. The highest BCUT2D eigenvalue weighted by Gasteiger charge is 2.26. The van der Waals surface area contributed by atoms with E-state index < -0.39 is 5.97 Å². The minimum Gasteiger partial charge on any atom is -0.478 e. The summed E-state index contributed by atoms with van der Waals surface area (Å²) in [4.78, 5) is 11.7. The van der Waals surface area contributed by atoms with Crippen molar-refractivity contribution < 1.29 is 14.4 Å². The lowest BCUT2D eigenvalue weighted by Crippen LogP contribution is -2.09. The first kappa shape index (κ1) is 19.3. The summed E-state index contributed by atoms with van der Waals surface area (Å²) in [5, 5.41) is 13.9. The van der Waals surface area contributed by atoms with E-state index in [1.165, 1.54) is 11.1 Å². The van der Waals surface area contributed by atoms with E-state index in [1.54, 1.807) is 18.2 Å². The quantitative estimate of drug-likeness (QED) is 0.364. The van der Waals surface area contributed by atoms with Crippen LogP contribution in [0.2, 0.25) is 0 Å². The van der Waals surface area contributed by atoms with Crippen LogP contribution < -0.4 is 0 Å². The molecule has 0 aliphatic heterocycles. The van der Waals surface area contributed by atoms with Crippen molar-refractivity contribution in [2.45, 2.75) is 12.8 Å². The minimum atomic E-state index is -0.948. The maximum atomic E-state index is 11.7. The zero-order chi connectivity index (χ0) is 22.4. The fourth-order valence-corrected chi connectivity index (χ4v) is 4.68. The number of rotatable bonds is 4. The third-order valence-corrected chi connectivity index (χ3v) is 6.22. The van der Waals surface area contributed by atoms with Crippen LogP contribution in [0.25, 0.3) is 39.5 Å². The van der Waals surface area contributed by atoms with Gasteiger partial charge in [0.25, 0.3) is 0 Å². The molecule has 1 aliphatic rings. The number of benzene rings is 3. The third kappa shape index (κ3) is 3.26. The van der Waals surface area contributed by atoms with Crippen LogP contribution in [0, 0.1) is 0 Å². The summed E-state index contributed by atoms with van der Waals surface area (Å²) in [7, 11) is 0. The van der Waals surface area contributed by atoms with Gasteiger partial charge in [0.05, 0.1) is 11.3 Å². The number of aryl methyl sites for hydroxylation is 1. The summed E-state index contributed by atoms with van der Waals surface area (Å²) in [6, 6.07) is 29.5. The van der Waals surface area contributed by atoms with Gasteiger partial charge in [0.1, 0.15) is 5.69 Å². The molecule has 33 heavy (non-hydrogen) atoms. The van der Waals surface area contributed by atoms with Crippen LogP contribution >= 0.6 is 0 Å². The molecule has 6 rings (SSSR count). The lowest BCUT2D eigenvalue weighted by atomic mass is 9.90. The summed E-state index contributed by atoms with van der Waals surface area (Å²) in [5.74, 6) is -0.308. The van der Waals surface area contributed by atoms with Crippen molar-refractivity contribution in [3.8, 4) is 39.5 Å². The number of carboxylic acid groups (broad SMARTS) is 1. The van der Waals surface area contributed by atoms with Gasteiger partial charge >= 0.3 is 5.97 Å². The maximum Gasteiger partial charge on any atom is 0.335 e. The summed E-state index contributed by atoms with van der Waals surface area (Å²) < 4.78 is 7.94.